The minimum Gasteiger partial charge on any atom is -0.494 e. The zero-order valence-electron chi connectivity index (χ0n) is 15.7. The number of aliphatic hydroxyl groups is 1. The van der Waals surface area contributed by atoms with Crippen LogP contribution in [0.4, 0.5) is 0 Å². The maximum Gasteiger partial charge on any atom is 0.267 e. The van der Waals surface area contributed by atoms with E-state index < -0.39 is 17.4 Å². The second kappa shape index (κ2) is 7.71. The molecule has 144 valence electrons. The summed E-state index contributed by atoms with van der Waals surface area (Å²) in [5.41, 5.74) is 5.64. The number of likely N-dealkylation sites (tertiary alicyclic amines) is 1. The second-order valence-electron chi connectivity index (χ2n) is 6.54. The molecule has 0 saturated carbocycles. The Morgan fingerprint density at radius 2 is 2.18 bits per heavy atom. The van der Waals surface area contributed by atoms with Crippen molar-refractivity contribution >= 4 is 11.8 Å². The van der Waals surface area contributed by atoms with E-state index in [9.17, 15) is 14.7 Å². The Kier molecular flexibility index (Phi) is 5.34. The van der Waals surface area contributed by atoms with Gasteiger partial charge in [-0.05, 0) is 19.1 Å². The van der Waals surface area contributed by atoms with E-state index in [0.29, 0.717) is 35.7 Å². The molecule has 1 aromatic carbocycles. The lowest BCUT2D eigenvalue weighted by molar-refractivity contribution is -0.137. The van der Waals surface area contributed by atoms with Crippen LogP contribution in [0.15, 0.2) is 36.4 Å². The van der Waals surface area contributed by atoms with Crippen molar-refractivity contribution in [1.82, 2.24) is 9.88 Å². The van der Waals surface area contributed by atoms with Crippen LogP contribution in [0.1, 0.15) is 29.4 Å². The van der Waals surface area contributed by atoms with Gasteiger partial charge in [-0.2, -0.15) is 0 Å². The second-order valence-corrected chi connectivity index (χ2v) is 6.54. The lowest BCUT2D eigenvalue weighted by Gasteiger charge is -2.13. The Bertz CT molecular complexity index is 993. The number of hydrogen-bond donors (Lipinski definition) is 2. The van der Waals surface area contributed by atoms with Crippen LogP contribution in [0, 0.1) is 11.8 Å². The molecule has 2 aromatic rings. The minimum absolute atomic E-state index is 0.103. The van der Waals surface area contributed by atoms with Crippen LogP contribution in [0.2, 0.25) is 0 Å². The maximum atomic E-state index is 12.0. The summed E-state index contributed by atoms with van der Waals surface area (Å²) in [6, 6.07) is 10.3. The first-order valence-electron chi connectivity index (χ1n) is 8.88. The third kappa shape index (κ3) is 3.97. The fraction of sp³-hybridized carbons (Fsp3) is 0.286. The van der Waals surface area contributed by atoms with Crippen LogP contribution in [0.25, 0.3) is 11.3 Å². The molecule has 0 bridgehead atoms. The molecule has 0 spiro atoms. The van der Waals surface area contributed by atoms with E-state index >= 15 is 0 Å². The van der Waals surface area contributed by atoms with E-state index in [1.165, 1.54) is 11.0 Å². The molecule has 1 saturated heterocycles. The first-order valence-corrected chi connectivity index (χ1v) is 8.88. The van der Waals surface area contributed by atoms with E-state index in [2.05, 4.69) is 16.8 Å². The number of rotatable bonds is 4. The van der Waals surface area contributed by atoms with Crippen LogP contribution in [-0.4, -0.2) is 52.6 Å². The summed E-state index contributed by atoms with van der Waals surface area (Å²) in [6.45, 7) is 2.75. The minimum atomic E-state index is -1.66. The van der Waals surface area contributed by atoms with Crippen molar-refractivity contribution < 1.29 is 19.4 Å². The van der Waals surface area contributed by atoms with Crippen molar-refractivity contribution in [2.24, 2.45) is 5.73 Å². The van der Waals surface area contributed by atoms with Crippen molar-refractivity contribution in [3.05, 3.63) is 47.7 Å². The highest BCUT2D eigenvalue weighted by molar-refractivity contribution is 5.92. The van der Waals surface area contributed by atoms with Gasteiger partial charge >= 0.3 is 0 Å². The zero-order valence-corrected chi connectivity index (χ0v) is 15.7. The fourth-order valence-electron chi connectivity index (χ4n) is 2.93. The molecule has 28 heavy (non-hydrogen) atoms. The predicted octanol–water partition coefficient (Wildman–Crippen LogP) is 1.19. The summed E-state index contributed by atoms with van der Waals surface area (Å²) in [7, 11) is 1.63. The number of hydrogen-bond acceptors (Lipinski definition) is 5. The highest BCUT2D eigenvalue weighted by atomic mass is 16.5. The fourth-order valence-corrected chi connectivity index (χ4v) is 2.93. The lowest BCUT2D eigenvalue weighted by Crippen LogP contribution is -2.37. The molecule has 3 rings (SSSR count). The van der Waals surface area contributed by atoms with Gasteiger partial charge in [-0.1, -0.05) is 24.0 Å². The molecule has 0 aliphatic carbocycles. The van der Waals surface area contributed by atoms with Crippen molar-refractivity contribution in [2.45, 2.75) is 18.9 Å². The molecule has 1 aliphatic rings. The van der Waals surface area contributed by atoms with Crippen molar-refractivity contribution in [3.8, 4) is 28.8 Å². The van der Waals surface area contributed by atoms with Gasteiger partial charge in [0.1, 0.15) is 11.4 Å². The van der Waals surface area contributed by atoms with E-state index in [-0.39, 0.29) is 12.1 Å². The van der Waals surface area contributed by atoms with Crippen LogP contribution < -0.4 is 10.5 Å². The Morgan fingerprint density at radius 3 is 2.82 bits per heavy atom. The molecule has 1 fully saturated rings. The monoisotopic (exact) mass is 379 g/mol. The summed E-state index contributed by atoms with van der Waals surface area (Å²) in [6.07, 6.45) is 0.273. The van der Waals surface area contributed by atoms with E-state index in [0.717, 1.165) is 0 Å². The van der Waals surface area contributed by atoms with Gasteiger partial charge in [-0.15, -0.1) is 0 Å². The van der Waals surface area contributed by atoms with Crippen LogP contribution in [-0.2, 0) is 4.79 Å². The van der Waals surface area contributed by atoms with Gasteiger partial charge in [-0.25, -0.2) is 4.98 Å². The van der Waals surface area contributed by atoms with Gasteiger partial charge in [0.2, 0.25) is 5.60 Å². The summed E-state index contributed by atoms with van der Waals surface area (Å²) in [5, 5.41) is 10.4. The Labute approximate surface area is 163 Å². The SMILES string of the molecule is CCOc1cc(C(N)=O)nc(-c2cccc(C#CC3(O)CCN(C)C3=O)c2)c1. The average molecular weight is 379 g/mol. The molecule has 1 aliphatic heterocycles. The molecule has 1 aromatic heterocycles. The number of nitrogens with two attached hydrogens (primary N) is 1. The topological polar surface area (TPSA) is 106 Å². The highest BCUT2D eigenvalue weighted by Crippen LogP contribution is 2.25. The number of carbonyl (C=O) groups excluding carboxylic acids is 2. The van der Waals surface area contributed by atoms with Gasteiger partial charge in [0.05, 0.1) is 12.3 Å². The number of nitrogens with zero attached hydrogens (tertiary/aromatic N) is 2. The molecule has 3 N–H and O–H groups in total. The number of aromatic nitrogens is 1. The Balaban J connectivity index is 1.96. The number of ether oxygens (including phenoxy) is 1. The number of likely N-dealkylation sites (N-methyl/N-ethyl adjacent to an activating group) is 1. The van der Waals surface area contributed by atoms with E-state index in [4.69, 9.17) is 10.5 Å². The normalized spacial score (nSPS) is 18.5. The van der Waals surface area contributed by atoms with Crippen LogP contribution in [0.5, 0.6) is 5.75 Å². The molecule has 2 heterocycles. The Hall–Kier alpha value is -3.37. The standard InChI is InChI=1S/C21H21N3O4/c1-3-28-16-12-17(23-18(13-16)19(22)25)15-6-4-5-14(11-15)7-8-21(27)9-10-24(2)20(21)26/h4-6,11-13,27H,3,9-10H2,1-2H3,(H2,22,25). The first kappa shape index (κ1) is 19.4. The number of carbonyl (C=O) groups is 2. The number of primary amides is 1. The summed E-state index contributed by atoms with van der Waals surface area (Å²) >= 11 is 0. The summed E-state index contributed by atoms with van der Waals surface area (Å²) in [5.74, 6) is 5.01. The van der Waals surface area contributed by atoms with Crippen molar-refractivity contribution in [3.63, 3.8) is 0 Å². The quantitative estimate of drug-likeness (QED) is 0.777. The van der Waals surface area contributed by atoms with Crippen molar-refractivity contribution in [2.75, 3.05) is 20.2 Å². The van der Waals surface area contributed by atoms with Gasteiger partial charge in [-0.3, -0.25) is 9.59 Å². The van der Waals surface area contributed by atoms with E-state index in [1.54, 1.807) is 31.3 Å². The molecule has 7 nitrogen and oxygen atoms in total. The predicted molar refractivity (Wildman–Crippen MR) is 103 cm³/mol. The zero-order chi connectivity index (χ0) is 20.3. The number of amides is 2. The van der Waals surface area contributed by atoms with Gasteiger partial charge < -0.3 is 20.5 Å². The van der Waals surface area contributed by atoms with E-state index in [1.807, 2.05) is 13.0 Å². The van der Waals surface area contributed by atoms with Gasteiger partial charge in [0, 0.05) is 43.3 Å². The number of pyridine rings is 1. The van der Waals surface area contributed by atoms with Crippen LogP contribution >= 0.6 is 0 Å². The van der Waals surface area contributed by atoms with Crippen LogP contribution in [0.3, 0.4) is 0 Å². The average Bonchev–Trinajstić information content (AvgIpc) is 2.95. The molecular weight excluding hydrogens is 358 g/mol. The number of benzene rings is 1. The molecular formula is C21H21N3O4. The van der Waals surface area contributed by atoms with Gasteiger partial charge in [0.15, 0.2) is 0 Å². The summed E-state index contributed by atoms with van der Waals surface area (Å²) < 4.78 is 5.49. The van der Waals surface area contributed by atoms with Crippen molar-refractivity contribution in [1.29, 1.82) is 0 Å². The lowest BCUT2D eigenvalue weighted by atomic mass is 10.0. The Morgan fingerprint density at radius 1 is 1.39 bits per heavy atom. The molecule has 2 amide bonds. The third-order valence-electron chi connectivity index (χ3n) is 4.44. The summed E-state index contributed by atoms with van der Waals surface area (Å²) in [4.78, 5) is 29.4. The third-order valence-corrected chi connectivity index (χ3v) is 4.44. The van der Waals surface area contributed by atoms with Gasteiger partial charge in [0.25, 0.3) is 11.8 Å². The highest BCUT2D eigenvalue weighted by Gasteiger charge is 2.42. The maximum absolute atomic E-state index is 12.0. The first-order chi connectivity index (χ1) is 13.3. The molecule has 1 atom stereocenters. The molecule has 1 unspecified atom stereocenters. The molecule has 0 radical (unpaired) electrons. The molecule has 7 heteroatoms. The largest absolute Gasteiger partial charge is 0.494 e. The smallest absolute Gasteiger partial charge is 0.267 e.